The predicted octanol–water partition coefficient (Wildman–Crippen LogP) is 5.06. The predicted molar refractivity (Wildman–Crippen MR) is 195 cm³/mol. The van der Waals surface area contributed by atoms with Gasteiger partial charge in [0, 0.05) is 18.2 Å². The lowest BCUT2D eigenvalue weighted by Gasteiger charge is -2.30. The van der Waals surface area contributed by atoms with Crippen LogP contribution in [0.3, 0.4) is 0 Å². The molecule has 12 nitrogen and oxygen atoms in total. The number of nitrogens with zero attached hydrogens (tertiary/aromatic N) is 2. The number of thiazole rings is 1. The third-order valence-corrected chi connectivity index (χ3v) is 14.1. The van der Waals surface area contributed by atoms with E-state index in [1.807, 2.05) is 49.4 Å². The molecule has 3 N–H and O–H groups in total. The number of aromatic nitrogens is 1. The smallest absolute Gasteiger partial charge is 0.274 e. The SMILES string of the molecule is COc1cccc(N[C@H]2CCCCCCC[C@@H]3C[C@@]3(C(=O)NS(=O)(=O)C3(C)CC3)NC(=O)[C@@H]3C[C@@H](Oc4nc5ccc(C)cc5s4)CN3C2=O)c1. The highest BCUT2D eigenvalue weighted by molar-refractivity contribution is 7.91. The summed E-state index contributed by atoms with van der Waals surface area (Å²) in [5.74, 6) is -0.960. The van der Waals surface area contributed by atoms with Crippen LogP contribution in [0.25, 0.3) is 10.2 Å². The Bertz CT molecular complexity index is 1930. The number of methoxy groups -OCH3 is 1. The number of amides is 3. The summed E-state index contributed by atoms with van der Waals surface area (Å²) in [6.45, 7) is 3.79. The molecule has 4 aliphatic rings. The van der Waals surface area contributed by atoms with Gasteiger partial charge in [-0.25, -0.2) is 13.4 Å². The molecule has 5 atom stereocenters. The van der Waals surface area contributed by atoms with Crippen molar-refractivity contribution in [3.05, 3.63) is 48.0 Å². The van der Waals surface area contributed by atoms with Gasteiger partial charge in [-0.15, -0.1) is 0 Å². The van der Waals surface area contributed by atoms with Gasteiger partial charge in [-0.1, -0.05) is 55.6 Å². The maximum atomic E-state index is 14.6. The average Bonchev–Trinajstić information content (AvgIpc) is 3.91. The Morgan fingerprint density at radius 2 is 1.82 bits per heavy atom. The van der Waals surface area contributed by atoms with Gasteiger partial charge in [-0.3, -0.25) is 19.1 Å². The Morgan fingerprint density at radius 1 is 1.06 bits per heavy atom. The molecule has 0 unspecified atom stereocenters. The van der Waals surface area contributed by atoms with Crippen LogP contribution < -0.4 is 24.8 Å². The molecule has 51 heavy (non-hydrogen) atoms. The van der Waals surface area contributed by atoms with Crippen LogP contribution in [-0.4, -0.2) is 78.2 Å². The Hall–Kier alpha value is -3.91. The molecule has 2 aliphatic carbocycles. The summed E-state index contributed by atoms with van der Waals surface area (Å²) >= 11 is 1.42. The molecule has 1 aromatic heterocycles. The van der Waals surface area contributed by atoms with Gasteiger partial charge in [0.05, 0.1) is 28.6 Å². The van der Waals surface area contributed by atoms with Crippen molar-refractivity contribution in [3.63, 3.8) is 0 Å². The Morgan fingerprint density at radius 3 is 2.59 bits per heavy atom. The Balaban J connectivity index is 1.18. The Labute approximate surface area is 303 Å². The molecule has 3 amide bonds. The standard InChI is InChI=1S/C37H47N5O7S2/c1-23-14-15-28-31(18-23)50-35(39-28)49-27-20-30-32(43)40-37(34(45)41-51(46,47)36(2)16-17-36)21-24(37)10-7-5-4-6-8-13-29(33(44)42(30)22-27)38-25-11-9-12-26(19-25)48-3/h9,11-12,14-15,18-19,24,27,29-30,38H,4-8,10,13,16-17,20-22H2,1-3H3,(H,40,43)(H,41,45)/t24-,27-,29+,30+,37-/m1/s1. The van der Waals surface area contributed by atoms with Gasteiger partial charge in [0.1, 0.15) is 29.5 Å². The van der Waals surface area contributed by atoms with Crippen molar-refractivity contribution in [3.8, 4) is 10.9 Å². The fraction of sp³-hybridized carbons (Fsp3) is 0.568. The van der Waals surface area contributed by atoms with Crippen LogP contribution in [0.1, 0.15) is 83.1 Å². The van der Waals surface area contributed by atoms with E-state index in [2.05, 4.69) is 20.3 Å². The number of nitrogens with one attached hydrogen (secondary N) is 3. The van der Waals surface area contributed by atoms with E-state index in [4.69, 9.17) is 9.47 Å². The highest BCUT2D eigenvalue weighted by atomic mass is 32.2. The van der Waals surface area contributed by atoms with Crippen LogP contribution in [0.2, 0.25) is 0 Å². The topological polar surface area (TPSA) is 156 Å². The van der Waals surface area contributed by atoms with E-state index in [1.54, 1.807) is 18.9 Å². The van der Waals surface area contributed by atoms with E-state index in [1.165, 1.54) is 11.3 Å². The van der Waals surface area contributed by atoms with Gasteiger partial charge in [-0.05, 0) is 81.7 Å². The van der Waals surface area contributed by atoms with Crippen molar-refractivity contribution in [2.45, 2.75) is 113 Å². The third-order valence-electron chi connectivity index (χ3n) is 11.1. The first-order chi connectivity index (χ1) is 24.4. The second-order valence-corrected chi connectivity index (χ2v) is 18.1. The van der Waals surface area contributed by atoms with Crippen LogP contribution in [-0.2, 0) is 24.4 Å². The second kappa shape index (κ2) is 13.9. The summed E-state index contributed by atoms with van der Waals surface area (Å²) in [4.78, 5) is 49.0. The number of aryl methyl sites for hydroxylation is 1. The monoisotopic (exact) mass is 737 g/mol. The molecule has 3 heterocycles. The molecule has 14 heteroatoms. The van der Waals surface area contributed by atoms with Crippen molar-refractivity contribution in [1.82, 2.24) is 19.9 Å². The number of benzene rings is 2. The second-order valence-electron chi connectivity index (χ2n) is 15.0. The van der Waals surface area contributed by atoms with Gasteiger partial charge in [0.2, 0.25) is 21.8 Å². The summed E-state index contributed by atoms with van der Waals surface area (Å²) in [6, 6.07) is 11.8. The summed E-state index contributed by atoms with van der Waals surface area (Å²) in [5.41, 5.74) is 1.29. The number of rotatable bonds is 8. The summed E-state index contributed by atoms with van der Waals surface area (Å²) in [6.07, 6.45) is 6.76. The van der Waals surface area contributed by atoms with Crippen molar-refractivity contribution < 1.29 is 32.3 Å². The summed E-state index contributed by atoms with van der Waals surface area (Å²) < 4.78 is 40.4. The first-order valence-corrected chi connectivity index (χ1v) is 20.3. The highest BCUT2D eigenvalue weighted by Crippen LogP contribution is 2.49. The molecular weight excluding hydrogens is 691 g/mol. The minimum Gasteiger partial charge on any atom is -0.497 e. The maximum absolute atomic E-state index is 14.6. The molecule has 2 aliphatic heterocycles. The van der Waals surface area contributed by atoms with Crippen LogP contribution in [0, 0.1) is 12.8 Å². The van der Waals surface area contributed by atoms with Crippen molar-refractivity contribution in [2.24, 2.45) is 5.92 Å². The first kappa shape index (κ1) is 35.5. The van der Waals surface area contributed by atoms with E-state index < -0.39 is 50.3 Å². The number of carbonyl (C=O) groups is 3. The summed E-state index contributed by atoms with van der Waals surface area (Å²) in [7, 11) is -2.32. The molecule has 0 bridgehead atoms. The number of hydrogen-bond donors (Lipinski definition) is 3. The lowest BCUT2D eigenvalue weighted by Crippen LogP contribution is -2.58. The zero-order valence-electron chi connectivity index (χ0n) is 29.4. The minimum atomic E-state index is -3.91. The molecule has 2 saturated heterocycles. The quantitative estimate of drug-likeness (QED) is 0.288. The number of carbonyl (C=O) groups excluding carboxylic acids is 3. The minimum absolute atomic E-state index is 0.150. The zero-order valence-corrected chi connectivity index (χ0v) is 31.0. The van der Waals surface area contributed by atoms with Gasteiger partial charge in [0.15, 0.2) is 0 Å². The van der Waals surface area contributed by atoms with Crippen molar-refractivity contribution in [1.29, 1.82) is 0 Å². The zero-order chi connectivity index (χ0) is 36.0. The highest BCUT2D eigenvalue weighted by Gasteiger charge is 2.63. The first-order valence-electron chi connectivity index (χ1n) is 18.0. The number of anilines is 1. The van der Waals surface area contributed by atoms with Gasteiger partial charge in [-0.2, -0.15) is 0 Å². The molecule has 4 fully saturated rings. The molecule has 274 valence electrons. The normalized spacial score (nSPS) is 28.0. The van der Waals surface area contributed by atoms with E-state index in [-0.39, 0.29) is 24.8 Å². The van der Waals surface area contributed by atoms with E-state index in [9.17, 15) is 22.8 Å². The molecule has 0 radical (unpaired) electrons. The van der Waals surface area contributed by atoms with Gasteiger partial charge >= 0.3 is 0 Å². The molecule has 3 aromatic rings. The lowest BCUT2D eigenvalue weighted by molar-refractivity contribution is -0.140. The van der Waals surface area contributed by atoms with Crippen molar-refractivity contribution >= 4 is 55.0 Å². The number of ether oxygens (including phenoxy) is 2. The molecule has 2 aromatic carbocycles. The van der Waals surface area contributed by atoms with E-state index >= 15 is 0 Å². The Kier molecular flexibility index (Phi) is 9.68. The molecule has 0 spiro atoms. The molecule has 2 saturated carbocycles. The van der Waals surface area contributed by atoms with Crippen LogP contribution in [0.5, 0.6) is 10.9 Å². The van der Waals surface area contributed by atoms with E-state index in [0.717, 1.165) is 53.6 Å². The number of sulfonamides is 1. The summed E-state index contributed by atoms with van der Waals surface area (Å²) in [5, 5.41) is 6.87. The number of fused-ring (bicyclic) bond motifs is 3. The molecule has 7 rings (SSSR count). The van der Waals surface area contributed by atoms with E-state index in [0.29, 0.717) is 43.0 Å². The van der Waals surface area contributed by atoms with Crippen LogP contribution >= 0.6 is 11.3 Å². The van der Waals surface area contributed by atoms with Gasteiger partial charge in [0.25, 0.3) is 11.1 Å². The van der Waals surface area contributed by atoms with Crippen molar-refractivity contribution in [2.75, 3.05) is 19.0 Å². The fourth-order valence-electron chi connectivity index (χ4n) is 7.47. The third kappa shape index (κ3) is 7.39. The molecular formula is C37H47N5O7S2. The fourth-order valence-corrected chi connectivity index (χ4v) is 9.76. The average molecular weight is 738 g/mol. The van der Waals surface area contributed by atoms with Crippen LogP contribution in [0.4, 0.5) is 5.69 Å². The number of hydrogen-bond acceptors (Lipinski definition) is 10. The largest absolute Gasteiger partial charge is 0.497 e. The van der Waals surface area contributed by atoms with Gasteiger partial charge < -0.3 is 25.0 Å². The van der Waals surface area contributed by atoms with Crippen LogP contribution in [0.15, 0.2) is 42.5 Å². The maximum Gasteiger partial charge on any atom is 0.274 e. The lowest BCUT2D eigenvalue weighted by atomic mass is 10.0.